The van der Waals surface area contributed by atoms with Crippen LogP contribution in [0.25, 0.3) is 0 Å². The standard InChI is InChI=1S/C13H13F2N3O3S/c1-7-3-4-9(21-10(14)15)8(5-7)6-22-11-16-12(19)18(2)13(20)17-11/h3-5,10H,6H2,1-2H3,(H,16,17,19,20). The van der Waals surface area contributed by atoms with Crippen LogP contribution in [0.4, 0.5) is 8.78 Å². The smallest absolute Gasteiger partial charge is 0.387 e. The Labute approximate surface area is 128 Å². The highest BCUT2D eigenvalue weighted by Gasteiger charge is 2.11. The van der Waals surface area contributed by atoms with Crippen LogP contribution in [0.1, 0.15) is 11.1 Å². The van der Waals surface area contributed by atoms with Gasteiger partial charge < -0.3 is 4.74 Å². The molecule has 0 saturated carbocycles. The topological polar surface area (TPSA) is 77.0 Å². The van der Waals surface area contributed by atoms with E-state index in [9.17, 15) is 18.4 Å². The van der Waals surface area contributed by atoms with Gasteiger partial charge >= 0.3 is 18.0 Å². The number of hydrogen-bond donors (Lipinski definition) is 1. The van der Waals surface area contributed by atoms with E-state index in [1.54, 1.807) is 12.1 Å². The van der Waals surface area contributed by atoms with Crippen molar-refractivity contribution < 1.29 is 13.5 Å². The molecule has 0 amide bonds. The molecule has 118 valence electrons. The third-order valence-corrected chi connectivity index (χ3v) is 3.72. The number of thioether (sulfide) groups is 1. The molecule has 0 aliphatic carbocycles. The fourth-order valence-electron chi connectivity index (χ4n) is 1.70. The van der Waals surface area contributed by atoms with E-state index in [0.29, 0.717) is 5.56 Å². The van der Waals surface area contributed by atoms with Gasteiger partial charge in [-0.1, -0.05) is 29.5 Å². The summed E-state index contributed by atoms with van der Waals surface area (Å²) in [5.74, 6) is 0.277. The Morgan fingerprint density at radius 1 is 1.41 bits per heavy atom. The van der Waals surface area contributed by atoms with Gasteiger partial charge in [0.1, 0.15) is 5.75 Å². The Bertz CT molecular complexity index is 758. The number of hydrogen-bond acceptors (Lipinski definition) is 5. The number of rotatable bonds is 5. The maximum absolute atomic E-state index is 12.4. The van der Waals surface area contributed by atoms with Crippen molar-refractivity contribution in [3.63, 3.8) is 0 Å². The Morgan fingerprint density at radius 2 is 2.14 bits per heavy atom. The summed E-state index contributed by atoms with van der Waals surface area (Å²) < 4.78 is 30.0. The molecule has 0 fully saturated rings. The van der Waals surface area contributed by atoms with E-state index in [1.165, 1.54) is 13.1 Å². The van der Waals surface area contributed by atoms with E-state index >= 15 is 0 Å². The van der Waals surface area contributed by atoms with Crippen LogP contribution in [0, 0.1) is 6.92 Å². The molecule has 1 aromatic carbocycles. The van der Waals surface area contributed by atoms with Crippen LogP contribution in [0.3, 0.4) is 0 Å². The van der Waals surface area contributed by atoms with Gasteiger partial charge in [0.25, 0.3) is 0 Å². The minimum atomic E-state index is -2.92. The first-order valence-corrected chi connectivity index (χ1v) is 7.20. The highest BCUT2D eigenvalue weighted by atomic mass is 32.2. The van der Waals surface area contributed by atoms with Gasteiger partial charge in [-0.2, -0.15) is 13.8 Å². The van der Waals surface area contributed by atoms with E-state index < -0.39 is 18.0 Å². The molecule has 0 radical (unpaired) electrons. The second kappa shape index (κ2) is 6.73. The normalized spacial score (nSPS) is 11.0. The number of H-pyrrole nitrogens is 1. The summed E-state index contributed by atoms with van der Waals surface area (Å²) in [6.07, 6.45) is 0. The summed E-state index contributed by atoms with van der Waals surface area (Å²) in [5, 5.41) is 0.123. The van der Waals surface area contributed by atoms with Crippen molar-refractivity contribution in [2.45, 2.75) is 24.4 Å². The number of benzene rings is 1. The molecular formula is C13H13F2N3O3S. The van der Waals surface area contributed by atoms with Gasteiger partial charge in [0, 0.05) is 18.4 Å². The van der Waals surface area contributed by atoms with Crippen molar-refractivity contribution in [2.24, 2.45) is 7.05 Å². The zero-order valence-electron chi connectivity index (χ0n) is 11.8. The summed E-state index contributed by atoms with van der Waals surface area (Å²) in [7, 11) is 1.30. The fourth-order valence-corrected chi connectivity index (χ4v) is 2.52. The zero-order chi connectivity index (χ0) is 16.3. The quantitative estimate of drug-likeness (QED) is 0.845. The molecule has 0 aliphatic rings. The van der Waals surface area contributed by atoms with Gasteiger partial charge in [-0.05, 0) is 13.0 Å². The van der Waals surface area contributed by atoms with Crippen molar-refractivity contribution in [1.82, 2.24) is 14.5 Å². The SMILES string of the molecule is Cc1ccc(OC(F)F)c(CSc2nc(=O)n(C)c(=O)[nH]2)c1. The number of nitrogens with one attached hydrogen (secondary N) is 1. The minimum absolute atomic E-state index is 0.0549. The monoisotopic (exact) mass is 329 g/mol. The Morgan fingerprint density at radius 3 is 2.77 bits per heavy atom. The Kier molecular flexibility index (Phi) is 4.96. The molecule has 2 rings (SSSR count). The van der Waals surface area contributed by atoms with Crippen LogP contribution in [0.2, 0.25) is 0 Å². The van der Waals surface area contributed by atoms with Gasteiger partial charge in [-0.25, -0.2) is 14.2 Å². The molecule has 1 aromatic heterocycles. The van der Waals surface area contributed by atoms with Gasteiger partial charge in [-0.15, -0.1) is 0 Å². The molecule has 0 aliphatic heterocycles. The molecular weight excluding hydrogens is 316 g/mol. The minimum Gasteiger partial charge on any atom is -0.435 e. The zero-order valence-corrected chi connectivity index (χ0v) is 12.6. The average molecular weight is 329 g/mol. The Hall–Kier alpha value is -2.16. The highest BCUT2D eigenvalue weighted by molar-refractivity contribution is 7.98. The third kappa shape index (κ3) is 3.94. The Balaban J connectivity index is 2.22. The number of aromatic amines is 1. The summed E-state index contributed by atoms with van der Waals surface area (Å²) in [6, 6.07) is 4.81. The number of aryl methyl sites for hydroxylation is 1. The van der Waals surface area contributed by atoms with Crippen LogP contribution in [0.5, 0.6) is 5.75 Å². The molecule has 1 N–H and O–H groups in total. The predicted molar refractivity (Wildman–Crippen MR) is 77.5 cm³/mol. The molecule has 0 bridgehead atoms. The van der Waals surface area contributed by atoms with Crippen LogP contribution in [0.15, 0.2) is 32.9 Å². The first-order valence-electron chi connectivity index (χ1n) is 6.21. The van der Waals surface area contributed by atoms with E-state index in [2.05, 4.69) is 14.7 Å². The maximum Gasteiger partial charge on any atom is 0.387 e. The van der Waals surface area contributed by atoms with Gasteiger partial charge in [0.2, 0.25) is 0 Å². The number of aromatic nitrogens is 3. The van der Waals surface area contributed by atoms with Crippen LogP contribution in [-0.4, -0.2) is 21.1 Å². The van der Waals surface area contributed by atoms with Crippen molar-refractivity contribution in [3.8, 4) is 5.75 Å². The molecule has 2 aromatic rings. The third-order valence-electron chi connectivity index (χ3n) is 2.80. The second-order valence-corrected chi connectivity index (χ2v) is 5.43. The molecule has 22 heavy (non-hydrogen) atoms. The van der Waals surface area contributed by atoms with Crippen molar-refractivity contribution in [3.05, 3.63) is 50.3 Å². The first kappa shape index (κ1) is 16.2. The van der Waals surface area contributed by atoms with Crippen molar-refractivity contribution in [1.29, 1.82) is 0 Å². The molecule has 1 heterocycles. The molecule has 0 saturated heterocycles. The molecule has 6 nitrogen and oxygen atoms in total. The number of ether oxygens (including phenoxy) is 1. The van der Waals surface area contributed by atoms with Crippen LogP contribution >= 0.6 is 11.8 Å². The second-order valence-electron chi connectivity index (χ2n) is 4.47. The molecule has 9 heteroatoms. The summed E-state index contributed by atoms with van der Waals surface area (Å²) in [6.45, 7) is -1.10. The first-order chi connectivity index (χ1) is 10.4. The van der Waals surface area contributed by atoms with E-state index in [4.69, 9.17) is 0 Å². The fraction of sp³-hybridized carbons (Fsp3) is 0.308. The summed E-state index contributed by atoms with van der Waals surface area (Å²) in [4.78, 5) is 29.0. The lowest BCUT2D eigenvalue weighted by Crippen LogP contribution is -2.34. The summed E-state index contributed by atoms with van der Waals surface area (Å²) >= 11 is 1.06. The predicted octanol–water partition coefficient (Wildman–Crippen LogP) is 1.67. The van der Waals surface area contributed by atoms with Crippen LogP contribution < -0.4 is 16.1 Å². The number of alkyl halides is 2. The lowest BCUT2D eigenvalue weighted by Gasteiger charge is -2.11. The van der Waals surface area contributed by atoms with Crippen LogP contribution in [-0.2, 0) is 12.8 Å². The van der Waals surface area contributed by atoms with E-state index in [1.807, 2.05) is 6.92 Å². The molecule has 0 spiro atoms. The van der Waals surface area contributed by atoms with E-state index in [0.717, 1.165) is 21.9 Å². The lowest BCUT2D eigenvalue weighted by molar-refractivity contribution is -0.0503. The molecule has 0 unspecified atom stereocenters. The summed E-state index contributed by atoms with van der Waals surface area (Å²) in [5.41, 5.74) is 0.131. The highest BCUT2D eigenvalue weighted by Crippen LogP contribution is 2.27. The molecule has 0 atom stereocenters. The van der Waals surface area contributed by atoms with Crippen molar-refractivity contribution >= 4 is 11.8 Å². The van der Waals surface area contributed by atoms with Gasteiger partial charge in [0.05, 0.1) is 0 Å². The largest absolute Gasteiger partial charge is 0.435 e. The van der Waals surface area contributed by atoms with E-state index in [-0.39, 0.29) is 16.7 Å². The lowest BCUT2D eigenvalue weighted by atomic mass is 10.1. The van der Waals surface area contributed by atoms with Gasteiger partial charge in [0.15, 0.2) is 5.16 Å². The number of halogens is 2. The number of nitrogens with zero attached hydrogens (tertiary/aromatic N) is 2. The average Bonchev–Trinajstić information content (AvgIpc) is 2.44. The maximum atomic E-state index is 12.4. The van der Waals surface area contributed by atoms with Crippen molar-refractivity contribution in [2.75, 3.05) is 0 Å². The van der Waals surface area contributed by atoms with Gasteiger partial charge in [-0.3, -0.25) is 4.98 Å².